The molecule has 29 heavy (non-hydrogen) atoms. The maximum atomic E-state index is 12.3. The monoisotopic (exact) mass is 414 g/mol. The predicted molar refractivity (Wildman–Crippen MR) is 116 cm³/mol. The number of ether oxygens (including phenoxy) is 1. The predicted octanol–water partition coefficient (Wildman–Crippen LogP) is 3.27. The largest absolute Gasteiger partial charge is 0.383 e. The van der Waals surface area contributed by atoms with Gasteiger partial charge in [0.25, 0.3) is 0 Å². The lowest BCUT2D eigenvalue weighted by Gasteiger charge is -2.23. The molecule has 0 unspecified atom stereocenters. The number of aromatic nitrogens is 2. The van der Waals surface area contributed by atoms with Crippen LogP contribution in [0, 0.1) is 0 Å². The highest BCUT2D eigenvalue weighted by Crippen LogP contribution is 2.23. The first kappa shape index (κ1) is 21.3. The van der Waals surface area contributed by atoms with Gasteiger partial charge >= 0.3 is 0 Å². The fourth-order valence-electron chi connectivity index (χ4n) is 3.18. The number of hydrogen-bond donors (Lipinski definition) is 0. The van der Waals surface area contributed by atoms with Gasteiger partial charge in [0.05, 0.1) is 30.7 Å². The lowest BCUT2D eigenvalue weighted by atomic mass is 10.2. The maximum absolute atomic E-state index is 12.3. The second-order valence-electron chi connectivity index (χ2n) is 7.22. The molecular weight excluding hydrogens is 388 g/mol. The summed E-state index contributed by atoms with van der Waals surface area (Å²) in [6.45, 7) is 2.75. The number of likely N-dealkylation sites (N-methyl/N-ethyl adjacent to an activating group) is 1. The van der Waals surface area contributed by atoms with E-state index in [0.29, 0.717) is 37.8 Å². The first-order chi connectivity index (χ1) is 14.0. The Morgan fingerprint density at radius 2 is 1.93 bits per heavy atom. The molecule has 0 aliphatic rings. The lowest BCUT2D eigenvalue weighted by molar-refractivity contribution is -0.130. The number of imidazole rings is 1. The molecule has 7 heteroatoms. The van der Waals surface area contributed by atoms with E-state index >= 15 is 0 Å². The van der Waals surface area contributed by atoms with Gasteiger partial charge in [-0.2, -0.15) is 0 Å². The number of fused-ring (bicyclic) bond motifs is 1. The van der Waals surface area contributed by atoms with Crippen LogP contribution in [0.4, 0.5) is 0 Å². The standard InChI is InChI=1S/C22H27ClN4O2/c1-25(2)22(28)16-26(11-12-29-3)15-21-24-19-13-18(23)9-10-20(19)27(21)14-17-7-5-4-6-8-17/h4-10,13H,11-12,14-16H2,1-3H3. The summed E-state index contributed by atoms with van der Waals surface area (Å²) in [6, 6.07) is 16.0. The highest BCUT2D eigenvalue weighted by Gasteiger charge is 2.18. The Balaban J connectivity index is 1.94. The average molecular weight is 415 g/mol. The normalized spacial score (nSPS) is 11.3. The second-order valence-corrected chi connectivity index (χ2v) is 7.66. The van der Waals surface area contributed by atoms with E-state index in [4.69, 9.17) is 21.3 Å². The molecule has 0 fully saturated rings. The molecule has 0 saturated heterocycles. The minimum atomic E-state index is 0.0508. The van der Waals surface area contributed by atoms with Gasteiger partial charge in [0, 0.05) is 39.3 Å². The third-order valence-corrected chi connectivity index (χ3v) is 5.04. The first-order valence-corrected chi connectivity index (χ1v) is 9.95. The van der Waals surface area contributed by atoms with Crippen LogP contribution in [0.15, 0.2) is 48.5 Å². The van der Waals surface area contributed by atoms with E-state index in [-0.39, 0.29) is 5.91 Å². The zero-order valence-corrected chi connectivity index (χ0v) is 17.9. The van der Waals surface area contributed by atoms with Crippen LogP contribution in [0.5, 0.6) is 0 Å². The summed E-state index contributed by atoms with van der Waals surface area (Å²) >= 11 is 6.19. The molecule has 0 radical (unpaired) electrons. The van der Waals surface area contributed by atoms with Gasteiger partial charge in [0.2, 0.25) is 5.91 Å². The van der Waals surface area contributed by atoms with Crippen molar-refractivity contribution in [2.45, 2.75) is 13.1 Å². The van der Waals surface area contributed by atoms with E-state index in [1.807, 2.05) is 36.4 Å². The molecule has 3 rings (SSSR count). The van der Waals surface area contributed by atoms with Gasteiger partial charge in [-0.25, -0.2) is 4.98 Å². The Morgan fingerprint density at radius 3 is 2.62 bits per heavy atom. The van der Waals surface area contributed by atoms with Crippen molar-refractivity contribution in [2.24, 2.45) is 0 Å². The SMILES string of the molecule is COCCN(CC(=O)N(C)C)Cc1nc2cc(Cl)ccc2n1Cc1ccccc1. The number of benzene rings is 2. The number of methoxy groups -OCH3 is 1. The number of hydrogen-bond acceptors (Lipinski definition) is 4. The molecule has 0 aliphatic heterocycles. The molecule has 0 N–H and O–H groups in total. The Bertz CT molecular complexity index is 956. The van der Waals surface area contributed by atoms with E-state index in [9.17, 15) is 4.79 Å². The van der Waals surface area contributed by atoms with Crippen molar-refractivity contribution >= 4 is 28.5 Å². The minimum Gasteiger partial charge on any atom is -0.383 e. The lowest BCUT2D eigenvalue weighted by Crippen LogP contribution is -2.38. The number of nitrogens with zero attached hydrogens (tertiary/aromatic N) is 4. The van der Waals surface area contributed by atoms with Crippen LogP contribution in [0.3, 0.4) is 0 Å². The summed E-state index contributed by atoms with van der Waals surface area (Å²) in [5.41, 5.74) is 3.07. The topological polar surface area (TPSA) is 50.6 Å². The fraction of sp³-hybridized carbons (Fsp3) is 0.364. The van der Waals surface area contributed by atoms with Crippen LogP contribution in [0.1, 0.15) is 11.4 Å². The van der Waals surface area contributed by atoms with E-state index in [2.05, 4.69) is 21.6 Å². The zero-order valence-electron chi connectivity index (χ0n) is 17.1. The molecule has 2 aromatic carbocycles. The van der Waals surface area contributed by atoms with E-state index in [1.54, 1.807) is 26.1 Å². The second kappa shape index (κ2) is 9.87. The molecule has 3 aromatic rings. The van der Waals surface area contributed by atoms with Crippen molar-refractivity contribution < 1.29 is 9.53 Å². The summed E-state index contributed by atoms with van der Waals surface area (Å²) in [6.07, 6.45) is 0. The summed E-state index contributed by atoms with van der Waals surface area (Å²) in [5.74, 6) is 0.948. The molecule has 0 spiro atoms. The maximum Gasteiger partial charge on any atom is 0.236 e. The summed E-state index contributed by atoms with van der Waals surface area (Å²) in [7, 11) is 5.20. The molecule has 1 amide bonds. The Hall–Kier alpha value is -2.41. The number of carbonyl (C=O) groups excluding carboxylic acids is 1. The van der Waals surface area contributed by atoms with Gasteiger partial charge in [0.1, 0.15) is 5.82 Å². The van der Waals surface area contributed by atoms with Crippen molar-refractivity contribution in [3.63, 3.8) is 0 Å². The van der Waals surface area contributed by atoms with Crippen LogP contribution >= 0.6 is 11.6 Å². The Kier molecular flexibility index (Phi) is 7.25. The summed E-state index contributed by atoms with van der Waals surface area (Å²) in [4.78, 5) is 20.8. The number of carbonyl (C=O) groups is 1. The third kappa shape index (κ3) is 5.56. The highest BCUT2D eigenvalue weighted by atomic mass is 35.5. The average Bonchev–Trinajstić information content (AvgIpc) is 3.02. The Labute approximate surface area is 176 Å². The summed E-state index contributed by atoms with van der Waals surface area (Å²) in [5, 5.41) is 0.660. The molecule has 0 atom stereocenters. The van der Waals surface area contributed by atoms with Crippen molar-refractivity contribution in [3.8, 4) is 0 Å². The van der Waals surface area contributed by atoms with Crippen LogP contribution in [0.2, 0.25) is 5.02 Å². The van der Waals surface area contributed by atoms with Gasteiger partial charge in [-0.1, -0.05) is 41.9 Å². The number of amides is 1. The third-order valence-electron chi connectivity index (χ3n) is 4.81. The number of halogens is 1. The molecule has 1 heterocycles. The molecule has 0 aliphatic carbocycles. The minimum absolute atomic E-state index is 0.0508. The number of rotatable bonds is 9. The molecule has 0 saturated carbocycles. The first-order valence-electron chi connectivity index (χ1n) is 9.58. The van der Waals surface area contributed by atoms with Crippen LogP contribution < -0.4 is 0 Å². The summed E-state index contributed by atoms with van der Waals surface area (Å²) < 4.78 is 7.44. The molecule has 0 bridgehead atoms. The van der Waals surface area contributed by atoms with Crippen molar-refractivity contribution in [3.05, 3.63) is 64.9 Å². The van der Waals surface area contributed by atoms with Gasteiger partial charge in [-0.15, -0.1) is 0 Å². The van der Waals surface area contributed by atoms with Crippen LogP contribution in [0.25, 0.3) is 11.0 Å². The van der Waals surface area contributed by atoms with E-state index in [0.717, 1.165) is 16.9 Å². The van der Waals surface area contributed by atoms with Gasteiger partial charge in [-0.3, -0.25) is 9.69 Å². The van der Waals surface area contributed by atoms with Crippen molar-refractivity contribution in [2.75, 3.05) is 40.9 Å². The van der Waals surface area contributed by atoms with Crippen LogP contribution in [-0.4, -0.2) is 66.2 Å². The van der Waals surface area contributed by atoms with Crippen molar-refractivity contribution in [1.29, 1.82) is 0 Å². The molecule has 154 valence electrons. The van der Waals surface area contributed by atoms with E-state index < -0.39 is 0 Å². The molecule has 1 aromatic heterocycles. The van der Waals surface area contributed by atoms with Crippen molar-refractivity contribution in [1.82, 2.24) is 19.4 Å². The molecular formula is C22H27ClN4O2. The smallest absolute Gasteiger partial charge is 0.236 e. The molecule has 6 nitrogen and oxygen atoms in total. The Morgan fingerprint density at radius 1 is 1.17 bits per heavy atom. The zero-order chi connectivity index (χ0) is 20.8. The van der Waals surface area contributed by atoms with E-state index in [1.165, 1.54) is 5.56 Å². The quantitative estimate of drug-likeness (QED) is 0.539. The van der Waals surface area contributed by atoms with Crippen LogP contribution in [-0.2, 0) is 22.6 Å². The highest BCUT2D eigenvalue weighted by molar-refractivity contribution is 6.31. The van der Waals surface area contributed by atoms with Gasteiger partial charge < -0.3 is 14.2 Å². The van der Waals surface area contributed by atoms with Gasteiger partial charge in [0.15, 0.2) is 0 Å². The van der Waals surface area contributed by atoms with Gasteiger partial charge in [-0.05, 0) is 23.8 Å². The fourth-order valence-corrected chi connectivity index (χ4v) is 3.35.